The summed E-state index contributed by atoms with van der Waals surface area (Å²) >= 11 is 0. The van der Waals surface area contributed by atoms with E-state index in [2.05, 4.69) is 0 Å². The highest BCUT2D eigenvalue weighted by Gasteiger charge is 2.54. The Labute approximate surface area is 131 Å². The lowest BCUT2D eigenvalue weighted by Gasteiger charge is -2.57. The van der Waals surface area contributed by atoms with Gasteiger partial charge in [0.2, 0.25) is 15.9 Å². The van der Waals surface area contributed by atoms with E-state index < -0.39 is 10.0 Å². The van der Waals surface area contributed by atoms with Gasteiger partial charge in [-0.25, -0.2) is 8.42 Å². The first-order valence-electron chi connectivity index (χ1n) is 7.88. The third-order valence-corrected chi connectivity index (χ3v) is 7.51. The number of anilines is 1. The van der Waals surface area contributed by atoms with E-state index in [1.54, 1.807) is 21.3 Å². The van der Waals surface area contributed by atoms with Crippen molar-refractivity contribution in [3.05, 3.63) is 23.8 Å². The maximum absolute atomic E-state index is 12.9. The molecule has 2 heterocycles. The maximum Gasteiger partial charge on any atom is 0.243 e. The van der Waals surface area contributed by atoms with Crippen LogP contribution in [-0.2, 0) is 21.2 Å². The Kier molecular flexibility index (Phi) is 2.94. The highest BCUT2D eigenvalue weighted by atomic mass is 32.2. The van der Waals surface area contributed by atoms with Crippen LogP contribution in [0.5, 0.6) is 0 Å². The molecule has 4 rings (SSSR count). The summed E-state index contributed by atoms with van der Waals surface area (Å²) in [5.74, 6) is -0.0345. The molecule has 6 heteroatoms. The number of hydrogen-bond donors (Lipinski definition) is 0. The Morgan fingerprint density at radius 3 is 2.50 bits per heavy atom. The summed E-state index contributed by atoms with van der Waals surface area (Å²) < 4.78 is 27.5. The normalized spacial score (nSPS) is 23.0. The molecular weight excluding hydrogens is 300 g/mol. The van der Waals surface area contributed by atoms with Crippen LogP contribution >= 0.6 is 0 Å². The van der Waals surface area contributed by atoms with E-state index in [-0.39, 0.29) is 11.4 Å². The molecule has 0 radical (unpaired) electrons. The Bertz CT molecular complexity index is 747. The molecule has 118 valence electrons. The first-order chi connectivity index (χ1) is 10.4. The fourth-order valence-electron chi connectivity index (χ4n) is 3.95. The van der Waals surface area contributed by atoms with Crippen LogP contribution in [0.25, 0.3) is 0 Å². The number of amides is 1. The molecule has 0 atom stereocenters. The van der Waals surface area contributed by atoms with Crippen molar-refractivity contribution in [3.8, 4) is 0 Å². The zero-order chi connectivity index (χ0) is 15.5. The van der Waals surface area contributed by atoms with Crippen molar-refractivity contribution in [2.45, 2.75) is 49.5 Å². The van der Waals surface area contributed by atoms with Gasteiger partial charge in [0.1, 0.15) is 0 Å². The van der Waals surface area contributed by atoms with Gasteiger partial charge in [-0.1, -0.05) is 6.07 Å². The Morgan fingerprint density at radius 2 is 1.95 bits per heavy atom. The van der Waals surface area contributed by atoms with Gasteiger partial charge in [0.05, 0.1) is 4.90 Å². The second kappa shape index (κ2) is 4.55. The number of hydrogen-bond acceptors (Lipinski definition) is 3. The molecule has 0 unspecified atom stereocenters. The second-order valence-corrected chi connectivity index (χ2v) is 8.48. The van der Waals surface area contributed by atoms with Crippen LogP contribution < -0.4 is 4.90 Å². The van der Waals surface area contributed by atoms with Gasteiger partial charge < -0.3 is 4.90 Å². The minimum atomic E-state index is -3.45. The van der Waals surface area contributed by atoms with Gasteiger partial charge in [0.25, 0.3) is 0 Å². The molecule has 1 aromatic rings. The van der Waals surface area contributed by atoms with Crippen LogP contribution in [0, 0.1) is 0 Å². The lowest BCUT2D eigenvalue weighted by molar-refractivity contribution is -0.116. The fraction of sp³-hybridized carbons (Fsp3) is 0.562. The number of carbonyl (C=O) groups is 1. The summed E-state index contributed by atoms with van der Waals surface area (Å²) in [5, 5.41) is 0. The van der Waals surface area contributed by atoms with Gasteiger partial charge in [0, 0.05) is 31.2 Å². The average Bonchev–Trinajstić information content (AvgIpc) is 2.77. The van der Waals surface area contributed by atoms with Crippen molar-refractivity contribution in [2.75, 3.05) is 18.0 Å². The number of carbonyl (C=O) groups excluding carboxylic acids is 1. The van der Waals surface area contributed by atoms with Gasteiger partial charge in [-0.05, 0) is 49.8 Å². The Balaban J connectivity index is 1.71. The predicted octanol–water partition coefficient (Wildman–Crippen LogP) is 1.91. The summed E-state index contributed by atoms with van der Waals surface area (Å²) in [4.78, 5) is 13.7. The molecule has 3 aliphatic rings. The molecule has 2 fully saturated rings. The highest BCUT2D eigenvalue weighted by Crippen LogP contribution is 2.49. The SMILES string of the molecule is CC(=O)N1CCc2ccc(S(=O)(=O)N3CCC34CCC4)cc21. The number of benzene rings is 1. The minimum Gasteiger partial charge on any atom is -0.312 e. The van der Waals surface area contributed by atoms with E-state index in [0.717, 1.165) is 43.4 Å². The number of nitrogens with zero attached hydrogens (tertiary/aromatic N) is 2. The molecule has 0 N–H and O–H groups in total. The van der Waals surface area contributed by atoms with Gasteiger partial charge in [-0.15, -0.1) is 0 Å². The van der Waals surface area contributed by atoms with Crippen molar-refractivity contribution in [1.29, 1.82) is 0 Å². The third-order valence-electron chi connectivity index (χ3n) is 5.51. The summed E-state index contributed by atoms with van der Waals surface area (Å²) in [6.45, 7) is 2.78. The topological polar surface area (TPSA) is 57.7 Å². The molecule has 0 aromatic heterocycles. The summed E-state index contributed by atoms with van der Waals surface area (Å²) in [6.07, 6.45) is 4.86. The van der Waals surface area contributed by atoms with E-state index in [4.69, 9.17) is 0 Å². The molecule has 5 nitrogen and oxygen atoms in total. The third kappa shape index (κ3) is 1.80. The van der Waals surface area contributed by atoms with Gasteiger partial charge in [-0.2, -0.15) is 4.31 Å². The number of sulfonamides is 1. The smallest absolute Gasteiger partial charge is 0.243 e. The van der Waals surface area contributed by atoms with E-state index in [0.29, 0.717) is 18.0 Å². The molecule has 1 saturated heterocycles. The van der Waals surface area contributed by atoms with E-state index in [1.165, 1.54) is 6.92 Å². The molecule has 1 aromatic carbocycles. The molecule has 1 aliphatic carbocycles. The zero-order valence-electron chi connectivity index (χ0n) is 12.7. The Morgan fingerprint density at radius 1 is 1.18 bits per heavy atom. The van der Waals surface area contributed by atoms with Crippen molar-refractivity contribution in [2.24, 2.45) is 0 Å². The molecule has 0 bridgehead atoms. The predicted molar refractivity (Wildman–Crippen MR) is 83.3 cm³/mol. The lowest BCUT2D eigenvalue weighted by Crippen LogP contribution is -2.65. The molecule has 2 aliphatic heterocycles. The zero-order valence-corrected chi connectivity index (χ0v) is 13.5. The lowest BCUT2D eigenvalue weighted by atomic mass is 9.70. The van der Waals surface area contributed by atoms with Crippen molar-refractivity contribution in [3.63, 3.8) is 0 Å². The number of fused-ring (bicyclic) bond motifs is 1. The van der Waals surface area contributed by atoms with Crippen LogP contribution in [0.15, 0.2) is 23.1 Å². The molecule has 22 heavy (non-hydrogen) atoms. The van der Waals surface area contributed by atoms with E-state index in [1.807, 2.05) is 6.07 Å². The standard InChI is InChI=1S/C16H20N2O3S/c1-12(19)17-9-5-13-3-4-14(11-15(13)17)22(20,21)18-10-8-16(18)6-2-7-16/h3-4,11H,2,5-10H2,1H3. The minimum absolute atomic E-state index is 0.0345. The van der Waals surface area contributed by atoms with Crippen molar-refractivity contribution >= 4 is 21.6 Å². The fourth-order valence-corrected chi connectivity index (χ4v) is 5.82. The monoisotopic (exact) mass is 320 g/mol. The van der Waals surface area contributed by atoms with Crippen LogP contribution in [0.2, 0.25) is 0 Å². The van der Waals surface area contributed by atoms with Gasteiger partial charge in [0.15, 0.2) is 0 Å². The van der Waals surface area contributed by atoms with Gasteiger partial charge >= 0.3 is 0 Å². The van der Waals surface area contributed by atoms with Crippen molar-refractivity contribution < 1.29 is 13.2 Å². The second-order valence-electron chi connectivity index (χ2n) is 6.62. The summed E-state index contributed by atoms with van der Waals surface area (Å²) in [6, 6.07) is 5.24. The van der Waals surface area contributed by atoms with Crippen LogP contribution in [0.3, 0.4) is 0 Å². The molecule has 1 amide bonds. The average molecular weight is 320 g/mol. The largest absolute Gasteiger partial charge is 0.312 e. The number of rotatable bonds is 2. The first-order valence-corrected chi connectivity index (χ1v) is 9.32. The van der Waals surface area contributed by atoms with Crippen LogP contribution in [-0.4, -0.2) is 37.3 Å². The molecule has 1 saturated carbocycles. The van der Waals surface area contributed by atoms with Crippen molar-refractivity contribution in [1.82, 2.24) is 4.31 Å². The summed E-state index contributed by atoms with van der Waals surface area (Å²) in [5.41, 5.74) is 1.71. The first kappa shape index (κ1) is 14.2. The van der Waals surface area contributed by atoms with Crippen LogP contribution in [0.4, 0.5) is 5.69 Å². The van der Waals surface area contributed by atoms with E-state index >= 15 is 0 Å². The highest BCUT2D eigenvalue weighted by molar-refractivity contribution is 7.89. The maximum atomic E-state index is 12.9. The van der Waals surface area contributed by atoms with E-state index in [9.17, 15) is 13.2 Å². The Hall–Kier alpha value is -1.40. The molecular formula is C16H20N2O3S. The quantitative estimate of drug-likeness (QED) is 0.836. The van der Waals surface area contributed by atoms with Gasteiger partial charge in [-0.3, -0.25) is 4.79 Å². The molecule has 1 spiro atoms. The van der Waals surface area contributed by atoms with Crippen LogP contribution in [0.1, 0.15) is 38.2 Å². The summed E-state index contributed by atoms with van der Waals surface area (Å²) in [7, 11) is -3.45.